The zero-order valence-electron chi connectivity index (χ0n) is 13.1. The summed E-state index contributed by atoms with van der Waals surface area (Å²) in [4.78, 5) is 18.4. The van der Waals surface area contributed by atoms with Gasteiger partial charge in [-0.1, -0.05) is 12.1 Å². The molecule has 0 saturated carbocycles. The van der Waals surface area contributed by atoms with Gasteiger partial charge in [0.25, 0.3) is 0 Å². The molecule has 1 aromatic heterocycles. The molecule has 6 heteroatoms. The highest BCUT2D eigenvalue weighted by Crippen LogP contribution is 2.25. The first-order chi connectivity index (χ1) is 11.6. The molecule has 126 valence electrons. The molecule has 1 aliphatic rings. The Hall–Kier alpha value is -1.95. The molecule has 0 spiro atoms. The van der Waals surface area contributed by atoms with E-state index in [4.69, 9.17) is 4.74 Å². The summed E-state index contributed by atoms with van der Waals surface area (Å²) in [6, 6.07) is 9.81. The molecule has 1 aromatic carbocycles. The lowest BCUT2D eigenvalue weighted by Gasteiger charge is -2.32. The Labute approximate surface area is 148 Å². The minimum absolute atomic E-state index is 0.0612. The number of piperidine rings is 1. The maximum atomic E-state index is 12.9. The maximum Gasteiger partial charge on any atom is 0.228 e. The lowest BCUT2D eigenvalue weighted by atomic mass is 10.1. The second-order valence-electron chi connectivity index (χ2n) is 5.79. The van der Waals surface area contributed by atoms with Crippen LogP contribution >= 0.6 is 15.9 Å². The number of rotatable bonds is 4. The molecule has 3 rings (SSSR count). The van der Waals surface area contributed by atoms with Crippen LogP contribution in [0.5, 0.6) is 5.88 Å². The fourth-order valence-electron chi connectivity index (χ4n) is 2.73. The number of hydrogen-bond acceptors (Lipinski definition) is 3. The van der Waals surface area contributed by atoms with Crippen LogP contribution in [-0.2, 0) is 11.2 Å². The molecule has 24 heavy (non-hydrogen) atoms. The molecule has 1 fully saturated rings. The van der Waals surface area contributed by atoms with E-state index in [-0.39, 0.29) is 17.8 Å². The largest absolute Gasteiger partial charge is 0.473 e. The van der Waals surface area contributed by atoms with Crippen molar-refractivity contribution >= 4 is 21.8 Å². The number of ether oxygens (including phenoxy) is 1. The van der Waals surface area contributed by atoms with Gasteiger partial charge < -0.3 is 9.64 Å². The van der Waals surface area contributed by atoms with Crippen molar-refractivity contribution < 1.29 is 13.9 Å². The molecule has 0 unspecified atom stereocenters. The summed E-state index contributed by atoms with van der Waals surface area (Å²) in [6.45, 7) is 1.32. The van der Waals surface area contributed by atoms with Gasteiger partial charge in [0.15, 0.2) is 0 Å². The van der Waals surface area contributed by atoms with Crippen molar-refractivity contribution in [2.75, 3.05) is 13.1 Å². The Morgan fingerprint density at radius 1 is 1.25 bits per heavy atom. The van der Waals surface area contributed by atoms with Crippen LogP contribution in [0.25, 0.3) is 0 Å². The van der Waals surface area contributed by atoms with Crippen molar-refractivity contribution in [2.45, 2.75) is 25.4 Å². The van der Waals surface area contributed by atoms with Crippen molar-refractivity contribution in [2.24, 2.45) is 0 Å². The molecule has 4 nitrogen and oxygen atoms in total. The average Bonchev–Trinajstić information content (AvgIpc) is 2.59. The van der Waals surface area contributed by atoms with Crippen molar-refractivity contribution in [3.05, 3.63) is 58.4 Å². The Morgan fingerprint density at radius 3 is 2.62 bits per heavy atom. The third-order valence-electron chi connectivity index (χ3n) is 4.07. The van der Waals surface area contributed by atoms with Crippen LogP contribution in [0, 0.1) is 5.82 Å². The summed E-state index contributed by atoms with van der Waals surface area (Å²) in [5.41, 5.74) is 0.831. The number of benzene rings is 1. The first kappa shape index (κ1) is 16.9. The molecular weight excluding hydrogens is 375 g/mol. The van der Waals surface area contributed by atoms with Gasteiger partial charge in [-0.2, -0.15) is 0 Å². The number of halogens is 2. The second-order valence-corrected chi connectivity index (χ2v) is 6.65. The predicted molar refractivity (Wildman–Crippen MR) is 92.3 cm³/mol. The zero-order valence-corrected chi connectivity index (χ0v) is 14.7. The quantitative estimate of drug-likeness (QED) is 0.798. The van der Waals surface area contributed by atoms with E-state index in [1.54, 1.807) is 18.3 Å². The third kappa shape index (κ3) is 4.32. The summed E-state index contributed by atoms with van der Waals surface area (Å²) in [7, 11) is 0. The van der Waals surface area contributed by atoms with E-state index >= 15 is 0 Å². The molecule has 0 N–H and O–H groups in total. The smallest absolute Gasteiger partial charge is 0.228 e. The molecule has 1 saturated heterocycles. The number of pyridine rings is 1. The van der Waals surface area contributed by atoms with Gasteiger partial charge in [0, 0.05) is 32.1 Å². The van der Waals surface area contributed by atoms with Crippen LogP contribution < -0.4 is 4.74 Å². The molecule has 0 aliphatic carbocycles. The third-order valence-corrected chi connectivity index (χ3v) is 4.67. The molecule has 0 bridgehead atoms. The second kappa shape index (κ2) is 7.75. The first-order valence-corrected chi connectivity index (χ1v) is 8.70. The normalized spacial score (nSPS) is 15.3. The Balaban J connectivity index is 1.50. The van der Waals surface area contributed by atoms with Crippen LogP contribution in [0.2, 0.25) is 0 Å². The predicted octanol–water partition coefficient (Wildman–Crippen LogP) is 3.60. The lowest BCUT2D eigenvalue weighted by molar-refractivity contribution is -0.132. The van der Waals surface area contributed by atoms with Crippen LogP contribution in [0.1, 0.15) is 18.4 Å². The van der Waals surface area contributed by atoms with Gasteiger partial charge in [-0.05, 0) is 45.8 Å². The van der Waals surface area contributed by atoms with E-state index in [2.05, 4.69) is 20.9 Å². The number of amides is 1. The van der Waals surface area contributed by atoms with E-state index in [9.17, 15) is 9.18 Å². The fourth-order valence-corrected chi connectivity index (χ4v) is 3.08. The SMILES string of the molecule is O=C(Cc1ccc(F)cc1)N1CCC(Oc2ncccc2Br)CC1. The Kier molecular flexibility index (Phi) is 5.45. The van der Waals surface area contributed by atoms with Crippen LogP contribution in [0.3, 0.4) is 0 Å². The van der Waals surface area contributed by atoms with Gasteiger partial charge in [0.2, 0.25) is 11.8 Å². The summed E-state index contributed by atoms with van der Waals surface area (Å²) < 4.78 is 19.7. The van der Waals surface area contributed by atoms with Gasteiger partial charge in [0.05, 0.1) is 10.9 Å². The van der Waals surface area contributed by atoms with Crippen molar-refractivity contribution in [1.29, 1.82) is 0 Å². The summed E-state index contributed by atoms with van der Waals surface area (Å²) in [5.74, 6) is 0.373. The fraction of sp³-hybridized carbons (Fsp3) is 0.333. The minimum atomic E-state index is -0.287. The molecule has 0 radical (unpaired) electrons. The zero-order chi connectivity index (χ0) is 16.9. The maximum absolute atomic E-state index is 12.9. The van der Waals surface area contributed by atoms with Crippen molar-refractivity contribution in [1.82, 2.24) is 9.88 Å². The number of aromatic nitrogens is 1. The first-order valence-electron chi connectivity index (χ1n) is 7.91. The van der Waals surface area contributed by atoms with Gasteiger partial charge in [-0.25, -0.2) is 9.37 Å². The molecule has 0 atom stereocenters. The summed E-state index contributed by atoms with van der Waals surface area (Å²) in [6.07, 6.45) is 3.61. The van der Waals surface area contributed by atoms with Gasteiger partial charge in [-0.3, -0.25) is 4.79 Å². The number of likely N-dealkylation sites (tertiary alicyclic amines) is 1. The molecule has 1 amide bonds. The van der Waals surface area contributed by atoms with E-state index in [0.29, 0.717) is 25.4 Å². The average molecular weight is 393 g/mol. The number of hydrogen-bond donors (Lipinski definition) is 0. The molecule has 2 aromatic rings. The highest BCUT2D eigenvalue weighted by molar-refractivity contribution is 9.10. The summed E-state index contributed by atoms with van der Waals surface area (Å²) in [5, 5.41) is 0. The van der Waals surface area contributed by atoms with Crippen molar-refractivity contribution in [3.8, 4) is 5.88 Å². The molecule has 2 heterocycles. The molecular formula is C18H18BrFN2O2. The van der Waals surface area contributed by atoms with Crippen LogP contribution in [0.15, 0.2) is 47.1 Å². The van der Waals surface area contributed by atoms with Crippen LogP contribution in [-0.4, -0.2) is 35.0 Å². The number of carbonyl (C=O) groups excluding carboxylic acids is 1. The van der Waals surface area contributed by atoms with E-state index in [1.807, 2.05) is 17.0 Å². The van der Waals surface area contributed by atoms with E-state index < -0.39 is 0 Å². The standard InChI is InChI=1S/C18H18BrFN2O2/c19-16-2-1-9-21-18(16)24-15-7-10-22(11-8-15)17(23)12-13-3-5-14(20)6-4-13/h1-6,9,15H,7-8,10-12H2. The topological polar surface area (TPSA) is 42.4 Å². The van der Waals surface area contributed by atoms with Gasteiger partial charge in [-0.15, -0.1) is 0 Å². The minimum Gasteiger partial charge on any atom is -0.473 e. The van der Waals surface area contributed by atoms with Gasteiger partial charge >= 0.3 is 0 Å². The molecule has 1 aliphatic heterocycles. The van der Waals surface area contributed by atoms with E-state index in [1.165, 1.54) is 12.1 Å². The van der Waals surface area contributed by atoms with E-state index in [0.717, 1.165) is 22.9 Å². The number of nitrogens with zero attached hydrogens (tertiary/aromatic N) is 2. The summed E-state index contributed by atoms with van der Waals surface area (Å²) >= 11 is 3.42. The Bertz CT molecular complexity index is 700. The van der Waals surface area contributed by atoms with Crippen molar-refractivity contribution in [3.63, 3.8) is 0 Å². The monoisotopic (exact) mass is 392 g/mol. The highest BCUT2D eigenvalue weighted by Gasteiger charge is 2.24. The lowest BCUT2D eigenvalue weighted by Crippen LogP contribution is -2.42. The Morgan fingerprint density at radius 2 is 1.96 bits per heavy atom. The number of carbonyl (C=O) groups is 1. The highest BCUT2D eigenvalue weighted by atomic mass is 79.9. The van der Waals surface area contributed by atoms with Crippen LogP contribution in [0.4, 0.5) is 4.39 Å². The van der Waals surface area contributed by atoms with Gasteiger partial charge in [0.1, 0.15) is 11.9 Å².